The molecule has 1 atom stereocenters. The van der Waals surface area contributed by atoms with Gasteiger partial charge in [-0.2, -0.15) is 0 Å². The molecule has 0 saturated carbocycles. The number of nitrogens with zero attached hydrogens (tertiary/aromatic N) is 3. The smallest absolute Gasteiger partial charge is 0.337 e. The van der Waals surface area contributed by atoms with Gasteiger partial charge < -0.3 is 23.7 Å². The topological polar surface area (TPSA) is 82.9 Å². The van der Waals surface area contributed by atoms with Gasteiger partial charge in [0, 0.05) is 35.4 Å². The largest absolute Gasteiger partial charge is 0.485 e. The molecule has 2 aliphatic heterocycles. The van der Waals surface area contributed by atoms with Crippen LogP contribution in [-0.4, -0.2) is 52.7 Å². The molecule has 43 heavy (non-hydrogen) atoms. The molecule has 1 fully saturated rings. The Kier molecular flexibility index (Phi) is 8.14. The number of amides is 1. The summed E-state index contributed by atoms with van der Waals surface area (Å²) in [5, 5.41) is 0.251. The molecule has 4 aromatic rings. The number of carbonyl (C=O) groups is 2. The van der Waals surface area contributed by atoms with Gasteiger partial charge in [0.2, 0.25) is 5.91 Å². The highest BCUT2D eigenvalue weighted by Gasteiger charge is 2.27. The average molecular weight is 608 g/mol. The molecule has 222 valence electrons. The minimum atomic E-state index is -0.610. The number of hydrogen-bond donors (Lipinski definition) is 0. The van der Waals surface area contributed by atoms with E-state index in [1.54, 1.807) is 35.2 Å². The number of rotatable bonds is 9. The molecule has 8 nitrogen and oxygen atoms in total. The van der Waals surface area contributed by atoms with E-state index < -0.39 is 17.6 Å². The number of halogens is 3. The van der Waals surface area contributed by atoms with Crippen molar-refractivity contribution in [2.24, 2.45) is 0 Å². The van der Waals surface area contributed by atoms with E-state index in [1.807, 2.05) is 4.57 Å². The van der Waals surface area contributed by atoms with E-state index in [-0.39, 0.29) is 41.5 Å². The van der Waals surface area contributed by atoms with Crippen LogP contribution < -0.4 is 4.74 Å². The van der Waals surface area contributed by atoms with Gasteiger partial charge in [-0.1, -0.05) is 29.8 Å². The summed E-state index contributed by atoms with van der Waals surface area (Å²) in [6.45, 7) is 1.63. The molecule has 11 heteroatoms. The standard InChI is InChI=1S/C32H28ClF2N3O5/c1-41-32(40)20-6-8-27-28(13-20)38(16-23-10-12-42-23)29(36-27)17-37-11-9-19(14-30(37)39)24-3-2-4-25(34)31(24)43-18-21-5-7-22(33)15-26(21)35/h2-8,13-15,23H,9-12,16-18H2,1H3/t23-/m0/s1. The molecule has 3 heterocycles. The average Bonchev–Trinajstić information content (AvgIpc) is 3.31. The van der Waals surface area contributed by atoms with Gasteiger partial charge in [-0.3, -0.25) is 4.79 Å². The molecule has 1 aromatic heterocycles. The van der Waals surface area contributed by atoms with Crippen LogP contribution in [0, 0.1) is 11.6 Å². The Morgan fingerprint density at radius 1 is 1.14 bits per heavy atom. The molecule has 1 amide bonds. The number of esters is 1. The number of methoxy groups -OCH3 is 1. The zero-order chi connectivity index (χ0) is 30.1. The summed E-state index contributed by atoms with van der Waals surface area (Å²) in [4.78, 5) is 32.0. The zero-order valence-corrected chi connectivity index (χ0v) is 24.1. The maximum atomic E-state index is 14.9. The van der Waals surface area contributed by atoms with Crippen molar-refractivity contribution < 1.29 is 32.6 Å². The number of hydrogen-bond acceptors (Lipinski definition) is 6. The highest BCUT2D eigenvalue weighted by Crippen LogP contribution is 2.34. The summed E-state index contributed by atoms with van der Waals surface area (Å²) >= 11 is 5.83. The predicted octanol–water partition coefficient (Wildman–Crippen LogP) is 5.94. The lowest BCUT2D eigenvalue weighted by atomic mass is 9.98. The molecule has 1 saturated heterocycles. The molecule has 0 unspecified atom stereocenters. The van der Waals surface area contributed by atoms with Crippen LogP contribution in [0.15, 0.2) is 60.7 Å². The zero-order valence-electron chi connectivity index (χ0n) is 23.3. The first kappa shape index (κ1) is 28.8. The van der Waals surface area contributed by atoms with Gasteiger partial charge in [-0.15, -0.1) is 0 Å². The van der Waals surface area contributed by atoms with E-state index in [1.165, 1.54) is 37.5 Å². The summed E-state index contributed by atoms with van der Waals surface area (Å²) in [6.07, 6.45) is 2.85. The molecule has 6 rings (SSSR count). The van der Waals surface area contributed by atoms with Crippen molar-refractivity contribution in [3.05, 3.63) is 99.8 Å². The number of aromatic nitrogens is 2. The summed E-state index contributed by atoms with van der Waals surface area (Å²) in [7, 11) is 1.33. The Balaban J connectivity index is 1.24. The molecule has 0 bridgehead atoms. The number of ether oxygens (including phenoxy) is 3. The van der Waals surface area contributed by atoms with Crippen LogP contribution in [0.25, 0.3) is 16.6 Å². The number of imidazole rings is 1. The van der Waals surface area contributed by atoms with E-state index in [2.05, 4.69) is 0 Å². The summed E-state index contributed by atoms with van der Waals surface area (Å²) in [5.74, 6) is -1.25. The Bertz CT molecular complexity index is 1750. The molecule has 3 aromatic carbocycles. The number of para-hydroxylation sites is 1. The fourth-order valence-electron chi connectivity index (χ4n) is 5.29. The Morgan fingerprint density at radius 3 is 2.70 bits per heavy atom. The first-order valence-electron chi connectivity index (χ1n) is 13.8. The maximum Gasteiger partial charge on any atom is 0.337 e. The Hall–Kier alpha value is -4.28. The van der Waals surface area contributed by atoms with Crippen molar-refractivity contribution >= 4 is 40.1 Å². The van der Waals surface area contributed by atoms with E-state index in [9.17, 15) is 18.4 Å². The summed E-state index contributed by atoms with van der Waals surface area (Å²) in [6, 6.07) is 13.9. The first-order chi connectivity index (χ1) is 20.8. The van der Waals surface area contributed by atoms with Crippen LogP contribution in [0.4, 0.5) is 8.78 Å². The quantitative estimate of drug-likeness (QED) is 0.219. The van der Waals surface area contributed by atoms with Gasteiger partial charge in [0.05, 0.1) is 42.9 Å². The van der Waals surface area contributed by atoms with Gasteiger partial charge in [0.1, 0.15) is 18.2 Å². The monoisotopic (exact) mass is 607 g/mol. The van der Waals surface area contributed by atoms with Crippen LogP contribution in [0.3, 0.4) is 0 Å². The molecule has 0 aliphatic carbocycles. The Labute approximate surface area is 251 Å². The minimum Gasteiger partial charge on any atom is -0.485 e. The molecule has 2 aliphatic rings. The second-order valence-electron chi connectivity index (χ2n) is 10.4. The fourth-order valence-corrected chi connectivity index (χ4v) is 5.45. The van der Waals surface area contributed by atoms with Crippen molar-refractivity contribution in [3.63, 3.8) is 0 Å². The maximum absolute atomic E-state index is 14.9. The summed E-state index contributed by atoms with van der Waals surface area (Å²) in [5.41, 5.74) is 3.14. The van der Waals surface area contributed by atoms with E-state index >= 15 is 0 Å². The van der Waals surface area contributed by atoms with Gasteiger partial charge in [-0.25, -0.2) is 18.6 Å². The molecule has 0 spiro atoms. The highest BCUT2D eigenvalue weighted by atomic mass is 35.5. The van der Waals surface area contributed by atoms with Crippen LogP contribution in [-0.2, 0) is 34.0 Å². The number of carbonyl (C=O) groups excluding carboxylic acids is 2. The SMILES string of the molecule is COC(=O)c1ccc2nc(CN3CCC(c4cccc(F)c4OCc4ccc(Cl)cc4F)=CC3=O)n(C[C@@H]3CCO3)c2c1. The van der Waals surface area contributed by atoms with E-state index in [0.717, 1.165) is 11.9 Å². The predicted molar refractivity (Wildman–Crippen MR) is 156 cm³/mol. The van der Waals surface area contributed by atoms with Gasteiger partial charge in [-0.05, 0) is 54.8 Å². The molecular formula is C32H28ClF2N3O5. The third kappa shape index (κ3) is 5.98. The van der Waals surface area contributed by atoms with Gasteiger partial charge in [0.15, 0.2) is 11.6 Å². The number of fused-ring (bicyclic) bond motifs is 1. The Morgan fingerprint density at radius 2 is 1.98 bits per heavy atom. The molecular weight excluding hydrogens is 580 g/mol. The van der Waals surface area contributed by atoms with Crippen molar-refractivity contribution in [2.45, 2.75) is 38.6 Å². The van der Waals surface area contributed by atoms with Crippen LogP contribution in [0.5, 0.6) is 5.75 Å². The van der Waals surface area contributed by atoms with Gasteiger partial charge >= 0.3 is 5.97 Å². The second-order valence-corrected chi connectivity index (χ2v) is 10.9. The molecule has 0 N–H and O–H groups in total. The lowest BCUT2D eigenvalue weighted by molar-refractivity contribution is -0.127. The van der Waals surface area contributed by atoms with Crippen molar-refractivity contribution in [3.8, 4) is 5.75 Å². The van der Waals surface area contributed by atoms with Crippen LogP contribution in [0.2, 0.25) is 5.02 Å². The summed E-state index contributed by atoms with van der Waals surface area (Å²) < 4.78 is 47.5. The number of benzene rings is 3. The fraction of sp³-hybridized carbons (Fsp3) is 0.281. The van der Waals surface area contributed by atoms with Crippen molar-refractivity contribution in [2.75, 3.05) is 20.3 Å². The third-order valence-corrected chi connectivity index (χ3v) is 7.96. The highest BCUT2D eigenvalue weighted by molar-refractivity contribution is 6.30. The third-order valence-electron chi connectivity index (χ3n) is 7.72. The van der Waals surface area contributed by atoms with Gasteiger partial charge in [0.25, 0.3) is 0 Å². The van der Waals surface area contributed by atoms with Crippen molar-refractivity contribution in [1.82, 2.24) is 14.5 Å². The minimum absolute atomic E-state index is 0.0224. The van der Waals surface area contributed by atoms with Crippen LogP contribution >= 0.6 is 11.6 Å². The van der Waals surface area contributed by atoms with Crippen LogP contribution in [0.1, 0.15) is 40.2 Å². The van der Waals surface area contributed by atoms with E-state index in [0.29, 0.717) is 54.2 Å². The van der Waals surface area contributed by atoms with E-state index in [4.69, 9.17) is 30.8 Å². The first-order valence-corrected chi connectivity index (χ1v) is 14.2. The van der Waals surface area contributed by atoms with Crippen molar-refractivity contribution in [1.29, 1.82) is 0 Å². The lowest BCUT2D eigenvalue weighted by Crippen LogP contribution is -2.36. The second kappa shape index (κ2) is 12.1. The normalized spacial score (nSPS) is 16.7. The molecule has 0 radical (unpaired) electrons. The lowest BCUT2D eigenvalue weighted by Gasteiger charge is -2.29.